The highest BCUT2D eigenvalue weighted by molar-refractivity contribution is 6.31. The lowest BCUT2D eigenvalue weighted by Gasteiger charge is -2.12. The van der Waals surface area contributed by atoms with E-state index in [0.717, 1.165) is 10.6 Å². The number of fused-ring (bicyclic) bond motifs is 1. The fourth-order valence-electron chi connectivity index (χ4n) is 3.08. The number of halogens is 1. The summed E-state index contributed by atoms with van der Waals surface area (Å²) in [6.45, 7) is 0. The Morgan fingerprint density at radius 2 is 1.72 bits per heavy atom. The summed E-state index contributed by atoms with van der Waals surface area (Å²) in [6.07, 6.45) is 0. The molecule has 0 unspecified atom stereocenters. The molecular formula is C20H13ClN4O4. The number of rotatable bonds is 3. The van der Waals surface area contributed by atoms with E-state index in [2.05, 4.69) is 10.6 Å². The van der Waals surface area contributed by atoms with Crippen LogP contribution in [0.4, 0.5) is 11.5 Å². The van der Waals surface area contributed by atoms with E-state index in [9.17, 15) is 19.2 Å². The number of aromatic nitrogens is 1. The van der Waals surface area contributed by atoms with Gasteiger partial charge in [0, 0.05) is 22.3 Å². The molecule has 0 spiro atoms. The van der Waals surface area contributed by atoms with Crippen LogP contribution >= 0.6 is 11.6 Å². The van der Waals surface area contributed by atoms with Crippen molar-refractivity contribution in [3.63, 3.8) is 0 Å². The molecule has 144 valence electrons. The maximum Gasteiger partial charge on any atom is 0.262 e. The van der Waals surface area contributed by atoms with Crippen molar-refractivity contribution in [1.29, 1.82) is 0 Å². The first-order chi connectivity index (χ1) is 13.8. The molecule has 1 aliphatic heterocycles. The van der Waals surface area contributed by atoms with Crippen molar-refractivity contribution in [3.8, 4) is 5.69 Å². The van der Waals surface area contributed by atoms with Crippen molar-refractivity contribution >= 4 is 40.8 Å². The molecule has 3 aromatic rings. The molecular weight excluding hydrogens is 396 g/mol. The normalized spacial score (nSPS) is 12.4. The summed E-state index contributed by atoms with van der Waals surface area (Å²) >= 11 is 5.91. The molecule has 2 heterocycles. The molecule has 1 aliphatic rings. The summed E-state index contributed by atoms with van der Waals surface area (Å²) in [5.41, 5.74) is 6.57. The fourth-order valence-corrected chi connectivity index (χ4v) is 3.27. The molecule has 0 aliphatic carbocycles. The zero-order valence-corrected chi connectivity index (χ0v) is 15.5. The van der Waals surface area contributed by atoms with Gasteiger partial charge in [0.1, 0.15) is 5.82 Å². The highest BCUT2D eigenvalue weighted by Crippen LogP contribution is 2.23. The van der Waals surface area contributed by atoms with Crippen LogP contribution in [0.3, 0.4) is 0 Å². The average Bonchev–Trinajstić information content (AvgIpc) is 2.96. The van der Waals surface area contributed by atoms with Gasteiger partial charge in [-0.25, -0.2) is 0 Å². The topological polar surface area (TPSA) is 123 Å². The van der Waals surface area contributed by atoms with E-state index in [1.807, 2.05) is 0 Å². The van der Waals surface area contributed by atoms with Gasteiger partial charge in [-0.3, -0.25) is 29.1 Å². The van der Waals surface area contributed by atoms with E-state index in [1.54, 1.807) is 24.3 Å². The molecule has 9 heteroatoms. The van der Waals surface area contributed by atoms with Crippen LogP contribution in [0.5, 0.6) is 0 Å². The first kappa shape index (κ1) is 18.5. The van der Waals surface area contributed by atoms with Crippen molar-refractivity contribution in [1.82, 2.24) is 9.88 Å². The summed E-state index contributed by atoms with van der Waals surface area (Å²) in [5.74, 6) is -1.83. The summed E-state index contributed by atoms with van der Waals surface area (Å²) in [6, 6.07) is 13.9. The highest BCUT2D eigenvalue weighted by Gasteiger charge is 2.31. The molecule has 0 saturated heterocycles. The van der Waals surface area contributed by atoms with Crippen molar-refractivity contribution < 1.29 is 14.4 Å². The van der Waals surface area contributed by atoms with E-state index >= 15 is 0 Å². The quantitative estimate of drug-likeness (QED) is 0.573. The number of nitrogens with zero attached hydrogens (tertiary/aromatic N) is 1. The molecule has 0 radical (unpaired) electrons. The van der Waals surface area contributed by atoms with Gasteiger partial charge >= 0.3 is 0 Å². The minimum Gasteiger partial charge on any atom is -0.384 e. The zero-order chi connectivity index (χ0) is 20.7. The molecule has 4 N–H and O–H groups in total. The number of imide groups is 1. The first-order valence-electron chi connectivity index (χ1n) is 8.44. The van der Waals surface area contributed by atoms with E-state index in [-0.39, 0.29) is 22.9 Å². The van der Waals surface area contributed by atoms with Gasteiger partial charge < -0.3 is 11.1 Å². The van der Waals surface area contributed by atoms with Gasteiger partial charge in [-0.05, 0) is 42.5 Å². The number of anilines is 2. The SMILES string of the molecule is Nc1c2c(cc(=O)n1-c1ccc(C(=O)Nc3cccc(Cl)c3)cc1)C(=O)NC2=O. The van der Waals surface area contributed by atoms with E-state index < -0.39 is 17.4 Å². The number of hydrogen-bond acceptors (Lipinski definition) is 5. The van der Waals surface area contributed by atoms with Gasteiger partial charge in [0.25, 0.3) is 23.3 Å². The Morgan fingerprint density at radius 1 is 1.00 bits per heavy atom. The van der Waals surface area contributed by atoms with Crippen LogP contribution < -0.4 is 21.9 Å². The Balaban J connectivity index is 1.66. The summed E-state index contributed by atoms with van der Waals surface area (Å²) in [5, 5.41) is 5.32. The lowest BCUT2D eigenvalue weighted by Crippen LogP contribution is -2.24. The minimum absolute atomic E-state index is 0.0441. The lowest BCUT2D eigenvalue weighted by molar-refractivity contribution is 0.0879. The van der Waals surface area contributed by atoms with E-state index in [1.165, 1.54) is 24.3 Å². The number of benzene rings is 2. The van der Waals surface area contributed by atoms with E-state index in [0.29, 0.717) is 22.0 Å². The van der Waals surface area contributed by atoms with Gasteiger partial charge in [0.15, 0.2) is 0 Å². The van der Waals surface area contributed by atoms with Gasteiger partial charge in [0.2, 0.25) is 0 Å². The molecule has 0 fully saturated rings. The summed E-state index contributed by atoms with van der Waals surface area (Å²) in [4.78, 5) is 48.5. The predicted molar refractivity (Wildman–Crippen MR) is 108 cm³/mol. The van der Waals surface area contributed by atoms with Crippen LogP contribution in [0.1, 0.15) is 31.1 Å². The monoisotopic (exact) mass is 408 g/mol. The third kappa shape index (κ3) is 3.26. The van der Waals surface area contributed by atoms with Crippen LogP contribution in [0.2, 0.25) is 5.02 Å². The number of nitrogens with one attached hydrogen (secondary N) is 2. The number of carbonyl (C=O) groups excluding carboxylic acids is 3. The van der Waals surface area contributed by atoms with Crippen molar-refractivity contribution in [2.75, 3.05) is 11.1 Å². The minimum atomic E-state index is -0.659. The Hall–Kier alpha value is -3.91. The molecule has 3 amide bonds. The van der Waals surface area contributed by atoms with Gasteiger partial charge in [-0.2, -0.15) is 0 Å². The maximum absolute atomic E-state index is 12.4. The molecule has 8 nitrogen and oxygen atoms in total. The fraction of sp³-hybridized carbons (Fsp3) is 0. The number of hydrogen-bond donors (Lipinski definition) is 3. The van der Waals surface area contributed by atoms with Crippen LogP contribution in [-0.2, 0) is 0 Å². The molecule has 29 heavy (non-hydrogen) atoms. The number of pyridine rings is 1. The van der Waals surface area contributed by atoms with E-state index in [4.69, 9.17) is 17.3 Å². The molecule has 1 aromatic heterocycles. The van der Waals surface area contributed by atoms with Crippen molar-refractivity contribution in [2.45, 2.75) is 0 Å². The van der Waals surface area contributed by atoms with Crippen LogP contribution in [0, 0.1) is 0 Å². The van der Waals surface area contributed by atoms with Crippen LogP contribution in [0.25, 0.3) is 5.69 Å². The Kier molecular flexibility index (Phi) is 4.40. The van der Waals surface area contributed by atoms with Gasteiger partial charge in [0.05, 0.1) is 16.8 Å². The number of nitrogens with two attached hydrogens (primary N) is 1. The molecule has 0 bridgehead atoms. The zero-order valence-electron chi connectivity index (χ0n) is 14.7. The van der Waals surface area contributed by atoms with Crippen LogP contribution in [-0.4, -0.2) is 22.3 Å². The van der Waals surface area contributed by atoms with Gasteiger partial charge in [-0.15, -0.1) is 0 Å². The molecule has 4 rings (SSSR count). The second kappa shape index (κ2) is 6.92. The van der Waals surface area contributed by atoms with Crippen LogP contribution in [0.15, 0.2) is 59.4 Å². The Morgan fingerprint density at radius 3 is 2.41 bits per heavy atom. The number of carbonyl (C=O) groups is 3. The summed E-state index contributed by atoms with van der Waals surface area (Å²) < 4.78 is 1.11. The lowest BCUT2D eigenvalue weighted by atomic mass is 10.1. The third-order valence-corrected chi connectivity index (χ3v) is 4.66. The Bertz CT molecular complexity index is 1250. The second-order valence-electron chi connectivity index (χ2n) is 6.29. The smallest absolute Gasteiger partial charge is 0.262 e. The summed E-state index contributed by atoms with van der Waals surface area (Å²) in [7, 11) is 0. The molecule has 0 saturated carbocycles. The van der Waals surface area contributed by atoms with Gasteiger partial charge in [-0.1, -0.05) is 17.7 Å². The standard InChI is InChI=1S/C20H13ClN4O4/c21-11-2-1-3-12(8-11)23-18(27)10-4-6-13(7-5-10)25-15(26)9-14-16(17(25)22)20(29)24-19(14)28/h1-9H,22H2,(H,23,27)(H,24,28,29). The van der Waals surface area contributed by atoms with Crippen molar-refractivity contribution in [3.05, 3.63) is 86.7 Å². The number of amides is 3. The first-order valence-corrected chi connectivity index (χ1v) is 8.81. The molecule has 2 aromatic carbocycles. The average molecular weight is 409 g/mol. The highest BCUT2D eigenvalue weighted by atomic mass is 35.5. The molecule has 0 atom stereocenters. The third-order valence-electron chi connectivity index (χ3n) is 4.42. The van der Waals surface area contributed by atoms with Crippen molar-refractivity contribution in [2.24, 2.45) is 0 Å². The largest absolute Gasteiger partial charge is 0.384 e. The predicted octanol–water partition coefficient (Wildman–Crippen LogP) is 2.21. The maximum atomic E-state index is 12.4. The number of nitrogen functional groups attached to an aromatic ring is 1. The Labute approximate surface area is 168 Å². The second-order valence-corrected chi connectivity index (χ2v) is 6.72.